The van der Waals surface area contributed by atoms with E-state index in [2.05, 4.69) is 17.4 Å². The quantitative estimate of drug-likeness (QED) is 0.872. The van der Waals surface area contributed by atoms with Crippen LogP contribution in [0.15, 0.2) is 30.3 Å². The molecule has 4 nitrogen and oxygen atoms in total. The van der Waals surface area contributed by atoms with Gasteiger partial charge in [0.25, 0.3) is 0 Å². The molecule has 1 aromatic carbocycles. The van der Waals surface area contributed by atoms with Gasteiger partial charge in [0, 0.05) is 6.54 Å². The third-order valence-corrected chi connectivity index (χ3v) is 4.35. The van der Waals surface area contributed by atoms with Crippen LogP contribution in [0.2, 0.25) is 0 Å². The van der Waals surface area contributed by atoms with Crippen molar-refractivity contribution >= 4 is 11.8 Å². The minimum atomic E-state index is -0.692. The number of benzene rings is 1. The first kappa shape index (κ1) is 15.5. The van der Waals surface area contributed by atoms with Crippen molar-refractivity contribution in [3.8, 4) is 0 Å². The number of carbonyl (C=O) groups excluding carboxylic acids is 2. The molecule has 1 aromatic rings. The maximum absolute atomic E-state index is 12.6. The molecule has 0 aliphatic carbocycles. The van der Waals surface area contributed by atoms with Crippen LogP contribution in [0.3, 0.4) is 0 Å². The largest absolute Gasteiger partial charge is 0.340 e. The lowest BCUT2D eigenvalue weighted by Gasteiger charge is -2.41. The van der Waals surface area contributed by atoms with E-state index in [1.54, 1.807) is 4.90 Å². The summed E-state index contributed by atoms with van der Waals surface area (Å²) in [6, 6.07) is 10.2. The Morgan fingerprint density at radius 2 is 1.81 bits per heavy atom. The summed E-state index contributed by atoms with van der Waals surface area (Å²) in [7, 11) is 0. The van der Waals surface area contributed by atoms with Crippen LogP contribution in [0, 0.1) is 0 Å². The van der Waals surface area contributed by atoms with Gasteiger partial charge in [0.15, 0.2) is 0 Å². The first-order valence-corrected chi connectivity index (χ1v) is 7.75. The number of aryl methyl sites for hydroxylation is 1. The van der Waals surface area contributed by atoms with Crippen LogP contribution in [0.5, 0.6) is 0 Å². The van der Waals surface area contributed by atoms with Crippen molar-refractivity contribution in [2.45, 2.75) is 45.1 Å². The van der Waals surface area contributed by atoms with E-state index in [-0.39, 0.29) is 18.4 Å². The Bertz CT molecular complexity index is 495. The zero-order chi connectivity index (χ0) is 15.3. The second-order valence-electron chi connectivity index (χ2n) is 5.65. The number of hydrogen-bond acceptors (Lipinski definition) is 2. The molecule has 1 aliphatic heterocycles. The first-order chi connectivity index (χ1) is 10.1. The minimum absolute atomic E-state index is 0.0435. The molecule has 0 radical (unpaired) electrons. The maximum atomic E-state index is 12.6. The van der Waals surface area contributed by atoms with Crippen molar-refractivity contribution in [1.82, 2.24) is 10.2 Å². The Morgan fingerprint density at radius 1 is 1.14 bits per heavy atom. The van der Waals surface area contributed by atoms with Gasteiger partial charge in [0.05, 0.1) is 6.54 Å². The summed E-state index contributed by atoms with van der Waals surface area (Å²) in [6.45, 7) is 4.74. The predicted octanol–water partition coefficient (Wildman–Crippen LogP) is 2.14. The van der Waals surface area contributed by atoms with Crippen LogP contribution in [-0.4, -0.2) is 35.3 Å². The standard InChI is InChI=1S/C17H24N2O2/c1-3-17(4-2)16(21)19(13-15(20)18-17)12-8-11-14-9-6-5-7-10-14/h5-7,9-10H,3-4,8,11-13H2,1-2H3,(H,18,20). The van der Waals surface area contributed by atoms with E-state index in [4.69, 9.17) is 0 Å². The van der Waals surface area contributed by atoms with Crippen molar-refractivity contribution in [2.75, 3.05) is 13.1 Å². The average molecular weight is 288 g/mol. The molecule has 1 saturated heterocycles. The maximum Gasteiger partial charge on any atom is 0.248 e. The van der Waals surface area contributed by atoms with Gasteiger partial charge in [-0.1, -0.05) is 44.2 Å². The normalized spacial score (nSPS) is 17.7. The van der Waals surface area contributed by atoms with Crippen LogP contribution in [0.1, 0.15) is 38.7 Å². The number of piperazine rings is 1. The smallest absolute Gasteiger partial charge is 0.248 e. The number of amides is 2. The minimum Gasteiger partial charge on any atom is -0.340 e. The van der Waals surface area contributed by atoms with E-state index < -0.39 is 5.54 Å². The summed E-state index contributed by atoms with van der Waals surface area (Å²) in [6.07, 6.45) is 3.09. The predicted molar refractivity (Wildman–Crippen MR) is 82.8 cm³/mol. The molecule has 21 heavy (non-hydrogen) atoms. The fourth-order valence-electron chi connectivity index (χ4n) is 2.94. The lowest BCUT2D eigenvalue weighted by molar-refractivity contribution is -0.150. The zero-order valence-corrected chi connectivity index (χ0v) is 12.9. The van der Waals surface area contributed by atoms with Gasteiger partial charge in [-0.3, -0.25) is 9.59 Å². The summed E-state index contributed by atoms with van der Waals surface area (Å²) in [4.78, 5) is 26.2. The molecule has 0 spiro atoms. The van der Waals surface area contributed by atoms with E-state index in [9.17, 15) is 9.59 Å². The molecule has 2 amide bonds. The molecule has 1 heterocycles. The van der Waals surface area contributed by atoms with E-state index >= 15 is 0 Å². The van der Waals surface area contributed by atoms with Crippen molar-refractivity contribution in [3.63, 3.8) is 0 Å². The molecule has 114 valence electrons. The number of nitrogens with zero attached hydrogens (tertiary/aromatic N) is 1. The Hall–Kier alpha value is -1.84. The van der Waals surface area contributed by atoms with Gasteiger partial charge in [0.2, 0.25) is 11.8 Å². The van der Waals surface area contributed by atoms with Gasteiger partial charge in [-0.2, -0.15) is 0 Å². The highest BCUT2D eigenvalue weighted by Gasteiger charge is 2.43. The Labute approximate surface area is 126 Å². The lowest BCUT2D eigenvalue weighted by atomic mass is 9.89. The molecule has 0 unspecified atom stereocenters. The van der Waals surface area contributed by atoms with Crippen LogP contribution in [0.4, 0.5) is 0 Å². The molecule has 1 aliphatic rings. The molecular formula is C17H24N2O2. The molecule has 1 fully saturated rings. The second kappa shape index (κ2) is 6.74. The van der Waals surface area contributed by atoms with Crippen molar-refractivity contribution in [3.05, 3.63) is 35.9 Å². The van der Waals surface area contributed by atoms with Crippen LogP contribution in [0.25, 0.3) is 0 Å². The van der Waals surface area contributed by atoms with E-state index in [1.165, 1.54) is 5.56 Å². The summed E-state index contributed by atoms with van der Waals surface area (Å²) in [5.74, 6) is 0.0261. The average Bonchev–Trinajstić information content (AvgIpc) is 2.51. The zero-order valence-electron chi connectivity index (χ0n) is 12.9. The van der Waals surface area contributed by atoms with Gasteiger partial charge < -0.3 is 10.2 Å². The third kappa shape index (κ3) is 3.43. The Balaban J connectivity index is 1.95. The highest BCUT2D eigenvalue weighted by Crippen LogP contribution is 2.22. The molecule has 2 rings (SSSR count). The fourth-order valence-corrected chi connectivity index (χ4v) is 2.94. The van der Waals surface area contributed by atoms with Crippen molar-refractivity contribution < 1.29 is 9.59 Å². The van der Waals surface area contributed by atoms with Crippen LogP contribution < -0.4 is 5.32 Å². The summed E-state index contributed by atoms with van der Waals surface area (Å²) in [5, 5.41) is 2.89. The van der Waals surface area contributed by atoms with E-state index in [0.717, 1.165) is 12.8 Å². The Morgan fingerprint density at radius 3 is 2.43 bits per heavy atom. The number of hydrogen-bond donors (Lipinski definition) is 1. The summed E-state index contributed by atoms with van der Waals surface area (Å²) in [5.41, 5.74) is 0.575. The molecule has 0 bridgehead atoms. The molecule has 0 atom stereocenters. The van der Waals surface area contributed by atoms with Gasteiger partial charge in [-0.05, 0) is 31.2 Å². The SMILES string of the molecule is CCC1(CC)NC(=O)CN(CCCc2ccccc2)C1=O. The molecule has 0 saturated carbocycles. The highest BCUT2D eigenvalue weighted by atomic mass is 16.2. The molecule has 4 heteroatoms. The highest BCUT2D eigenvalue weighted by molar-refractivity contribution is 5.97. The van der Waals surface area contributed by atoms with Gasteiger partial charge in [0.1, 0.15) is 5.54 Å². The third-order valence-electron chi connectivity index (χ3n) is 4.35. The van der Waals surface area contributed by atoms with Gasteiger partial charge in [-0.25, -0.2) is 0 Å². The number of rotatable bonds is 6. The van der Waals surface area contributed by atoms with Gasteiger partial charge in [-0.15, -0.1) is 0 Å². The fraction of sp³-hybridized carbons (Fsp3) is 0.529. The lowest BCUT2D eigenvalue weighted by Crippen LogP contribution is -2.66. The second-order valence-corrected chi connectivity index (χ2v) is 5.65. The molecule has 1 N–H and O–H groups in total. The summed E-state index contributed by atoms with van der Waals surface area (Å²) >= 11 is 0. The Kier molecular flexibility index (Phi) is 4.99. The van der Waals surface area contributed by atoms with Crippen molar-refractivity contribution in [2.24, 2.45) is 0 Å². The first-order valence-electron chi connectivity index (χ1n) is 7.75. The number of nitrogens with one attached hydrogen (secondary N) is 1. The van der Waals surface area contributed by atoms with Crippen LogP contribution in [-0.2, 0) is 16.0 Å². The van der Waals surface area contributed by atoms with Crippen LogP contribution >= 0.6 is 0 Å². The topological polar surface area (TPSA) is 49.4 Å². The summed E-state index contributed by atoms with van der Waals surface area (Å²) < 4.78 is 0. The van der Waals surface area contributed by atoms with E-state index in [0.29, 0.717) is 19.4 Å². The van der Waals surface area contributed by atoms with E-state index in [1.807, 2.05) is 32.0 Å². The number of carbonyl (C=O) groups is 2. The molecular weight excluding hydrogens is 264 g/mol. The monoisotopic (exact) mass is 288 g/mol. The van der Waals surface area contributed by atoms with Gasteiger partial charge >= 0.3 is 0 Å². The van der Waals surface area contributed by atoms with Crippen molar-refractivity contribution in [1.29, 1.82) is 0 Å². The molecule has 0 aromatic heterocycles.